The Morgan fingerprint density at radius 2 is 1.58 bits per heavy atom. The van der Waals surface area contributed by atoms with Gasteiger partial charge in [0.15, 0.2) is 5.65 Å². The van der Waals surface area contributed by atoms with Gasteiger partial charge in [-0.05, 0) is 43.2 Å². The number of aryl methyl sites for hydroxylation is 2. The molecular formula is C19H21N5. The lowest BCUT2D eigenvalue weighted by Crippen LogP contribution is -2.47. The lowest BCUT2D eigenvalue weighted by molar-refractivity contribution is 0.647. The average Bonchev–Trinajstić information content (AvgIpc) is 2.63. The highest BCUT2D eigenvalue weighted by atomic mass is 15.3. The Morgan fingerprint density at radius 1 is 0.833 bits per heavy atom. The van der Waals surface area contributed by atoms with E-state index in [0.29, 0.717) is 5.65 Å². The quantitative estimate of drug-likeness (QED) is 0.726. The molecule has 5 nitrogen and oxygen atoms in total. The molecule has 0 amide bonds. The van der Waals surface area contributed by atoms with Crippen LogP contribution in [-0.2, 0) is 0 Å². The van der Waals surface area contributed by atoms with Crippen molar-refractivity contribution in [1.29, 1.82) is 0 Å². The minimum absolute atomic E-state index is 0.715. The van der Waals surface area contributed by atoms with Gasteiger partial charge in [-0.2, -0.15) is 0 Å². The van der Waals surface area contributed by atoms with E-state index in [4.69, 9.17) is 0 Å². The number of rotatable bonds is 2. The van der Waals surface area contributed by atoms with E-state index in [1.807, 2.05) is 12.1 Å². The molecule has 3 heterocycles. The van der Waals surface area contributed by atoms with Crippen molar-refractivity contribution in [3.8, 4) is 0 Å². The van der Waals surface area contributed by atoms with E-state index in [1.165, 1.54) is 16.8 Å². The molecule has 0 radical (unpaired) electrons. The van der Waals surface area contributed by atoms with Gasteiger partial charge >= 0.3 is 0 Å². The van der Waals surface area contributed by atoms with E-state index in [9.17, 15) is 0 Å². The van der Waals surface area contributed by atoms with E-state index in [0.717, 1.165) is 37.5 Å². The van der Waals surface area contributed by atoms with Crippen LogP contribution in [0, 0.1) is 13.8 Å². The lowest BCUT2D eigenvalue weighted by atomic mass is 10.1. The number of nitrogens with zero attached hydrogens (tertiary/aromatic N) is 5. The van der Waals surface area contributed by atoms with Crippen LogP contribution < -0.4 is 9.80 Å². The van der Waals surface area contributed by atoms with Crippen molar-refractivity contribution in [3.05, 3.63) is 53.9 Å². The number of anilines is 2. The number of hydrogen-bond acceptors (Lipinski definition) is 5. The second kappa shape index (κ2) is 6.07. The number of benzene rings is 1. The minimum atomic E-state index is 0.715. The first-order valence-electron chi connectivity index (χ1n) is 8.36. The third kappa shape index (κ3) is 2.77. The van der Waals surface area contributed by atoms with Gasteiger partial charge in [0.25, 0.3) is 0 Å². The van der Waals surface area contributed by atoms with Crippen molar-refractivity contribution < 1.29 is 0 Å². The van der Waals surface area contributed by atoms with Gasteiger partial charge in [0, 0.05) is 44.3 Å². The summed E-state index contributed by atoms with van der Waals surface area (Å²) in [5.41, 5.74) is 5.56. The smallest absolute Gasteiger partial charge is 0.180 e. The lowest BCUT2D eigenvalue weighted by Gasteiger charge is -2.37. The Hall–Kier alpha value is -2.69. The van der Waals surface area contributed by atoms with Gasteiger partial charge in [0.1, 0.15) is 11.3 Å². The standard InChI is InChI=1S/C19H21N5/c1-14-3-4-15(2)17(13-14)23-9-11-24(12-10-23)18-6-5-16-19(22-18)21-8-7-20-16/h3-8,13H,9-12H2,1-2H3. The molecule has 0 unspecified atom stereocenters. The highest BCUT2D eigenvalue weighted by molar-refractivity contribution is 5.71. The number of fused-ring (bicyclic) bond motifs is 1. The van der Waals surface area contributed by atoms with Crippen molar-refractivity contribution >= 4 is 22.7 Å². The van der Waals surface area contributed by atoms with Crippen LogP contribution in [0.4, 0.5) is 11.5 Å². The Morgan fingerprint density at radius 3 is 2.42 bits per heavy atom. The summed E-state index contributed by atoms with van der Waals surface area (Å²) < 4.78 is 0. The van der Waals surface area contributed by atoms with Crippen LogP contribution in [0.15, 0.2) is 42.7 Å². The molecule has 1 saturated heterocycles. The molecule has 2 aromatic heterocycles. The largest absolute Gasteiger partial charge is 0.368 e. The maximum absolute atomic E-state index is 4.66. The zero-order valence-corrected chi connectivity index (χ0v) is 14.1. The van der Waals surface area contributed by atoms with Crippen LogP contribution >= 0.6 is 0 Å². The molecule has 5 heteroatoms. The maximum Gasteiger partial charge on any atom is 0.180 e. The van der Waals surface area contributed by atoms with Crippen molar-refractivity contribution in [1.82, 2.24) is 15.0 Å². The van der Waals surface area contributed by atoms with E-state index < -0.39 is 0 Å². The monoisotopic (exact) mass is 319 g/mol. The predicted octanol–water partition coefficient (Wildman–Crippen LogP) is 2.97. The first kappa shape index (κ1) is 14.9. The maximum atomic E-state index is 4.66. The summed E-state index contributed by atoms with van der Waals surface area (Å²) in [6.45, 7) is 8.27. The third-order valence-electron chi connectivity index (χ3n) is 4.63. The first-order valence-corrected chi connectivity index (χ1v) is 8.36. The minimum Gasteiger partial charge on any atom is -0.368 e. The summed E-state index contributed by atoms with van der Waals surface area (Å²) in [5.74, 6) is 0.989. The Labute approximate surface area is 142 Å². The SMILES string of the molecule is Cc1ccc(C)c(N2CCN(c3ccc4nccnc4n3)CC2)c1. The normalized spacial score (nSPS) is 15.1. The molecule has 3 aromatic rings. The molecule has 0 saturated carbocycles. The van der Waals surface area contributed by atoms with Crippen molar-refractivity contribution in [2.24, 2.45) is 0 Å². The van der Waals surface area contributed by atoms with Crippen LogP contribution in [0.1, 0.15) is 11.1 Å². The number of hydrogen-bond donors (Lipinski definition) is 0. The molecule has 0 aliphatic carbocycles. The van der Waals surface area contributed by atoms with Crippen LogP contribution in [-0.4, -0.2) is 41.1 Å². The Balaban J connectivity index is 1.51. The summed E-state index contributed by atoms with van der Waals surface area (Å²) in [4.78, 5) is 18.1. The second-order valence-corrected chi connectivity index (χ2v) is 6.33. The van der Waals surface area contributed by atoms with E-state index in [1.54, 1.807) is 12.4 Å². The number of pyridine rings is 1. The van der Waals surface area contributed by atoms with Crippen LogP contribution in [0.2, 0.25) is 0 Å². The second-order valence-electron chi connectivity index (χ2n) is 6.33. The molecule has 1 fully saturated rings. The topological polar surface area (TPSA) is 45.2 Å². The van der Waals surface area contributed by atoms with Crippen molar-refractivity contribution in [2.75, 3.05) is 36.0 Å². The van der Waals surface area contributed by atoms with Crippen LogP contribution in [0.3, 0.4) is 0 Å². The molecule has 1 aliphatic heterocycles. The molecule has 1 aliphatic rings. The zero-order valence-electron chi connectivity index (χ0n) is 14.1. The molecule has 0 bridgehead atoms. The fourth-order valence-electron chi connectivity index (χ4n) is 3.26. The fourth-order valence-corrected chi connectivity index (χ4v) is 3.26. The van der Waals surface area contributed by atoms with Crippen LogP contribution in [0.25, 0.3) is 11.2 Å². The van der Waals surface area contributed by atoms with Gasteiger partial charge in [0.05, 0.1) is 0 Å². The van der Waals surface area contributed by atoms with Gasteiger partial charge in [0.2, 0.25) is 0 Å². The molecule has 0 spiro atoms. The van der Waals surface area contributed by atoms with Crippen LogP contribution in [0.5, 0.6) is 0 Å². The molecule has 122 valence electrons. The molecule has 4 rings (SSSR count). The predicted molar refractivity (Wildman–Crippen MR) is 97.7 cm³/mol. The highest BCUT2D eigenvalue weighted by Crippen LogP contribution is 2.24. The zero-order chi connectivity index (χ0) is 16.5. The van der Waals surface area contributed by atoms with Gasteiger partial charge < -0.3 is 9.80 Å². The van der Waals surface area contributed by atoms with Gasteiger partial charge in [-0.15, -0.1) is 0 Å². The molecule has 0 atom stereocenters. The highest BCUT2D eigenvalue weighted by Gasteiger charge is 2.19. The van der Waals surface area contributed by atoms with E-state index in [2.05, 4.69) is 56.8 Å². The number of aromatic nitrogens is 3. The molecular weight excluding hydrogens is 298 g/mol. The summed E-state index contributed by atoms with van der Waals surface area (Å²) >= 11 is 0. The van der Waals surface area contributed by atoms with Crippen molar-refractivity contribution in [3.63, 3.8) is 0 Å². The van der Waals surface area contributed by atoms with E-state index >= 15 is 0 Å². The Bertz CT molecular complexity index is 869. The fraction of sp³-hybridized carbons (Fsp3) is 0.316. The van der Waals surface area contributed by atoms with Crippen molar-refractivity contribution in [2.45, 2.75) is 13.8 Å². The number of piperazine rings is 1. The summed E-state index contributed by atoms with van der Waals surface area (Å²) in [5, 5.41) is 0. The first-order chi connectivity index (χ1) is 11.7. The summed E-state index contributed by atoms with van der Waals surface area (Å²) in [7, 11) is 0. The molecule has 0 N–H and O–H groups in total. The molecule has 1 aromatic carbocycles. The Kier molecular flexibility index (Phi) is 3.76. The third-order valence-corrected chi connectivity index (χ3v) is 4.63. The van der Waals surface area contributed by atoms with Gasteiger partial charge in [-0.1, -0.05) is 12.1 Å². The average molecular weight is 319 g/mol. The van der Waals surface area contributed by atoms with Gasteiger partial charge in [-0.3, -0.25) is 4.98 Å². The summed E-state index contributed by atoms with van der Waals surface area (Å²) in [6, 6.07) is 10.7. The molecule has 24 heavy (non-hydrogen) atoms. The summed E-state index contributed by atoms with van der Waals surface area (Å²) in [6.07, 6.45) is 3.39. The van der Waals surface area contributed by atoms with E-state index in [-0.39, 0.29) is 0 Å². The van der Waals surface area contributed by atoms with Gasteiger partial charge in [-0.25, -0.2) is 9.97 Å².